The molecule has 0 radical (unpaired) electrons. The summed E-state index contributed by atoms with van der Waals surface area (Å²) in [6, 6.07) is 15.9. The van der Waals surface area contributed by atoms with Crippen LogP contribution < -0.4 is 16.4 Å². The molecule has 6 N–H and O–H groups in total. The van der Waals surface area contributed by atoms with Gasteiger partial charge >= 0.3 is 6.09 Å². The number of primary amides is 1. The Morgan fingerprint density at radius 2 is 1.26 bits per heavy atom. The average Bonchev–Trinajstić information content (AvgIpc) is 4.01. The smallest absolute Gasteiger partial charge is 0.405 e. The first kappa shape index (κ1) is 36.7. The number of nitrogens with zero attached hydrogens (tertiary/aromatic N) is 5. The number of benzene rings is 2. The van der Waals surface area contributed by atoms with Crippen LogP contribution in [0.25, 0.3) is 33.6 Å². The van der Waals surface area contributed by atoms with Gasteiger partial charge in [-0.1, -0.05) is 76.2 Å². The number of amides is 3. The molecule has 4 atom stereocenters. The van der Waals surface area contributed by atoms with Gasteiger partial charge in [0.2, 0.25) is 5.91 Å². The van der Waals surface area contributed by atoms with Crippen LogP contribution in [0.4, 0.5) is 4.79 Å². The second-order valence-electron chi connectivity index (χ2n) is 15.0. The molecule has 3 aliphatic heterocycles. The van der Waals surface area contributed by atoms with E-state index in [-0.39, 0.29) is 41.8 Å². The lowest BCUT2D eigenvalue weighted by atomic mass is 10.0. The summed E-state index contributed by atoms with van der Waals surface area (Å²) in [5.41, 5.74) is 11.2. The zero-order valence-electron chi connectivity index (χ0n) is 31.3. The van der Waals surface area contributed by atoms with E-state index < -0.39 is 12.2 Å². The fourth-order valence-electron chi connectivity index (χ4n) is 7.71. The molecule has 0 unspecified atom stereocenters. The van der Waals surface area contributed by atoms with E-state index in [2.05, 4.69) is 93.0 Å². The monoisotopic (exact) mass is 734 g/mol. The van der Waals surface area contributed by atoms with Crippen molar-refractivity contribution in [2.75, 3.05) is 26.2 Å². The van der Waals surface area contributed by atoms with Crippen LogP contribution in [0.15, 0.2) is 65.9 Å². The van der Waals surface area contributed by atoms with Gasteiger partial charge in [-0.25, -0.2) is 14.8 Å². The van der Waals surface area contributed by atoms with Gasteiger partial charge < -0.3 is 40.9 Å². The minimum atomic E-state index is -0.955. The highest BCUT2D eigenvalue weighted by atomic mass is 16.6. The molecule has 3 aliphatic rings. The number of aromatic nitrogens is 4. The number of H-pyrrole nitrogens is 2. The first-order chi connectivity index (χ1) is 26.1. The first-order valence-corrected chi connectivity index (χ1v) is 19.0. The van der Waals surface area contributed by atoms with Crippen molar-refractivity contribution in [3.63, 3.8) is 0 Å². The van der Waals surface area contributed by atoms with E-state index in [4.69, 9.17) is 15.5 Å². The lowest BCUT2D eigenvalue weighted by Gasteiger charge is -2.30. The van der Waals surface area contributed by atoms with Gasteiger partial charge in [0.1, 0.15) is 17.7 Å². The molecular weight excluding hydrogens is 685 g/mol. The predicted octanol–water partition coefficient (Wildman–Crippen LogP) is 5.15. The molecule has 4 aromatic rings. The second-order valence-corrected chi connectivity index (χ2v) is 15.0. The molecule has 2 aromatic heterocycles. The Morgan fingerprint density at radius 1 is 0.759 bits per heavy atom. The highest BCUT2D eigenvalue weighted by Gasteiger charge is 2.39. The molecule has 14 nitrogen and oxygen atoms in total. The van der Waals surface area contributed by atoms with Crippen molar-refractivity contribution in [2.45, 2.75) is 77.6 Å². The van der Waals surface area contributed by atoms with E-state index in [9.17, 15) is 14.4 Å². The van der Waals surface area contributed by atoms with Crippen molar-refractivity contribution < 1.29 is 19.1 Å². The maximum Gasteiger partial charge on any atom is 0.405 e. The second kappa shape index (κ2) is 15.7. The Kier molecular flexibility index (Phi) is 10.7. The standard InChI is InChI=1S/C40H50N10O4/c1-23(2)33(48-40-42-17-18-43-40)37(51)49-19-5-7-31(49)35-44-21-29(46-35)27-13-9-25(10-14-27)26-11-15-28(16-12-26)30-22-45-36(47-30)32-8-6-20-50(32)38(52)34(24(3)4)54-39(41)53/h9-16,21-24,31-34H,5-8,17-20H2,1-4H3,(H2,41,53)(H,44,46)(H,45,47)(H2,42,43,48)/t31-,32-,33-,34-/m0/s1. The number of aromatic amines is 2. The lowest BCUT2D eigenvalue weighted by Crippen LogP contribution is -2.53. The van der Waals surface area contributed by atoms with Crippen molar-refractivity contribution in [2.24, 2.45) is 22.6 Å². The number of likely N-dealkylation sites (tertiary alicyclic amines) is 2. The topological polar surface area (TPSA) is 187 Å². The van der Waals surface area contributed by atoms with E-state index in [0.29, 0.717) is 31.4 Å². The molecule has 0 bridgehead atoms. The van der Waals surface area contributed by atoms with Gasteiger partial charge in [-0.3, -0.25) is 14.6 Å². The fraction of sp³-hybridized carbons (Fsp3) is 0.450. The Labute approximate surface area is 315 Å². The minimum absolute atomic E-state index is 0.0752. The van der Waals surface area contributed by atoms with E-state index in [1.165, 1.54) is 0 Å². The average molecular weight is 735 g/mol. The number of carbonyl (C=O) groups is 3. The third-order valence-corrected chi connectivity index (χ3v) is 10.6. The molecular formula is C40H50N10O4. The molecule has 54 heavy (non-hydrogen) atoms. The van der Waals surface area contributed by atoms with Crippen molar-refractivity contribution in [3.05, 3.63) is 72.6 Å². The SMILES string of the molecule is CC(C)[C@H](NC1=NCCN1)C(=O)N1CCC[C@H]1c1ncc(-c2ccc(-c3ccc(-c4cnc([C@@H]5CCCN5C(=O)[C@@H](OC(N)=O)C(C)C)[nH]4)cc3)cc2)[nH]1. The number of nitrogens with one attached hydrogen (secondary N) is 4. The van der Waals surface area contributed by atoms with Crippen LogP contribution >= 0.6 is 0 Å². The number of rotatable bonds is 11. The highest BCUT2D eigenvalue weighted by molar-refractivity contribution is 5.90. The van der Waals surface area contributed by atoms with E-state index in [0.717, 1.165) is 71.7 Å². The Bertz CT molecular complexity index is 1980. The maximum absolute atomic E-state index is 13.8. The van der Waals surface area contributed by atoms with Crippen LogP contribution in [0.1, 0.15) is 77.1 Å². The van der Waals surface area contributed by atoms with Gasteiger partial charge in [-0.05, 0) is 59.8 Å². The summed E-state index contributed by atoms with van der Waals surface area (Å²) >= 11 is 0. The molecule has 0 aliphatic carbocycles. The quantitative estimate of drug-likeness (QED) is 0.140. The normalized spacial score (nSPS) is 19.6. The van der Waals surface area contributed by atoms with Gasteiger partial charge in [-0.15, -0.1) is 0 Å². The summed E-state index contributed by atoms with van der Waals surface area (Å²) in [5.74, 6) is 1.92. The molecule has 7 rings (SSSR count). The summed E-state index contributed by atoms with van der Waals surface area (Å²) in [6.07, 6.45) is 5.14. The Balaban J connectivity index is 0.998. The molecule has 2 fully saturated rings. The number of guanidine groups is 1. The highest BCUT2D eigenvalue weighted by Crippen LogP contribution is 2.35. The van der Waals surface area contributed by atoms with Crippen LogP contribution in [0.2, 0.25) is 0 Å². The number of ether oxygens (including phenoxy) is 1. The summed E-state index contributed by atoms with van der Waals surface area (Å²) in [4.78, 5) is 63.1. The Morgan fingerprint density at radius 3 is 1.70 bits per heavy atom. The molecule has 2 aromatic carbocycles. The first-order valence-electron chi connectivity index (χ1n) is 19.0. The number of imidazole rings is 2. The summed E-state index contributed by atoms with van der Waals surface area (Å²) in [5, 5.41) is 6.56. The third-order valence-electron chi connectivity index (χ3n) is 10.6. The largest absolute Gasteiger partial charge is 0.436 e. The van der Waals surface area contributed by atoms with Gasteiger partial charge in [0.15, 0.2) is 12.1 Å². The number of aliphatic imine (C=N–C) groups is 1. The van der Waals surface area contributed by atoms with Crippen molar-refractivity contribution >= 4 is 23.9 Å². The summed E-state index contributed by atoms with van der Waals surface area (Å²) in [7, 11) is 0. The number of carbonyl (C=O) groups excluding carboxylic acids is 3. The van der Waals surface area contributed by atoms with Gasteiger partial charge in [0.25, 0.3) is 5.91 Å². The molecule has 3 amide bonds. The summed E-state index contributed by atoms with van der Waals surface area (Å²) < 4.78 is 5.18. The van der Waals surface area contributed by atoms with Crippen molar-refractivity contribution in [1.29, 1.82) is 0 Å². The molecule has 14 heteroatoms. The van der Waals surface area contributed by atoms with Crippen LogP contribution in [0.5, 0.6) is 0 Å². The van der Waals surface area contributed by atoms with Crippen LogP contribution in [0.3, 0.4) is 0 Å². The molecule has 5 heterocycles. The predicted molar refractivity (Wildman–Crippen MR) is 206 cm³/mol. The molecule has 284 valence electrons. The number of nitrogens with two attached hydrogens (primary N) is 1. The lowest BCUT2D eigenvalue weighted by molar-refractivity contribution is -0.143. The zero-order valence-corrected chi connectivity index (χ0v) is 31.3. The van der Waals surface area contributed by atoms with Gasteiger partial charge in [0.05, 0.1) is 42.4 Å². The zero-order chi connectivity index (χ0) is 37.9. The van der Waals surface area contributed by atoms with Gasteiger partial charge in [-0.2, -0.15) is 0 Å². The van der Waals surface area contributed by atoms with E-state index in [1.807, 2.05) is 24.9 Å². The fourth-order valence-corrected chi connectivity index (χ4v) is 7.71. The molecule has 2 saturated heterocycles. The van der Waals surface area contributed by atoms with E-state index in [1.54, 1.807) is 11.1 Å². The van der Waals surface area contributed by atoms with Crippen molar-refractivity contribution in [3.8, 4) is 33.6 Å². The summed E-state index contributed by atoms with van der Waals surface area (Å²) in [6.45, 7) is 10.5. The van der Waals surface area contributed by atoms with Crippen molar-refractivity contribution in [1.82, 2.24) is 40.4 Å². The van der Waals surface area contributed by atoms with Crippen LogP contribution in [0, 0.1) is 11.8 Å². The molecule has 0 spiro atoms. The number of hydrogen-bond acceptors (Lipinski definition) is 9. The molecule has 0 saturated carbocycles. The van der Waals surface area contributed by atoms with Crippen LogP contribution in [-0.2, 0) is 14.3 Å². The third kappa shape index (κ3) is 7.68. The van der Waals surface area contributed by atoms with Crippen LogP contribution in [-0.4, -0.2) is 91.9 Å². The van der Waals surface area contributed by atoms with E-state index >= 15 is 0 Å². The van der Waals surface area contributed by atoms with Gasteiger partial charge in [0, 0.05) is 19.6 Å². The Hall–Kier alpha value is -5.66. The minimum Gasteiger partial charge on any atom is -0.436 e. The number of hydrogen-bond donors (Lipinski definition) is 5. The maximum atomic E-state index is 13.8.